The predicted octanol–water partition coefficient (Wildman–Crippen LogP) is 3.42. The van der Waals surface area contributed by atoms with Crippen molar-refractivity contribution in [1.82, 2.24) is 4.90 Å². The number of rotatable bonds is 7. The summed E-state index contributed by atoms with van der Waals surface area (Å²) in [7, 11) is 1.68. The summed E-state index contributed by atoms with van der Waals surface area (Å²) in [5, 5.41) is 0. The third-order valence-corrected chi connectivity index (χ3v) is 4.87. The molecule has 2 rings (SSSR count). The van der Waals surface area contributed by atoms with Crippen molar-refractivity contribution in [3.63, 3.8) is 0 Å². The minimum Gasteiger partial charge on any atom is -0.497 e. The first-order valence-corrected chi connectivity index (χ1v) is 8.06. The van der Waals surface area contributed by atoms with Crippen molar-refractivity contribution in [1.29, 1.82) is 0 Å². The van der Waals surface area contributed by atoms with E-state index in [-0.39, 0.29) is 5.41 Å². The quantitative estimate of drug-likeness (QED) is 0.770. The van der Waals surface area contributed by atoms with E-state index < -0.39 is 0 Å². The number of benzene rings is 1. The fraction of sp³-hybridized carbons (Fsp3) is 0.611. The molecule has 3 heteroatoms. The molecule has 0 aliphatic heterocycles. The summed E-state index contributed by atoms with van der Waals surface area (Å²) in [6.07, 6.45) is 4.23. The largest absolute Gasteiger partial charge is 0.497 e. The van der Waals surface area contributed by atoms with Gasteiger partial charge in [-0.25, -0.2) is 0 Å². The molecule has 0 saturated heterocycles. The summed E-state index contributed by atoms with van der Waals surface area (Å²) in [5.74, 6) is 1.21. The predicted molar refractivity (Wildman–Crippen MR) is 85.9 cm³/mol. The van der Waals surface area contributed by atoms with Gasteiger partial charge in [0, 0.05) is 0 Å². The molecule has 0 amide bonds. The molecule has 0 aromatic heterocycles. The van der Waals surface area contributed by atoms with E-state index >= 15 is 0 Å². The fourth-order valence-electron chi connectivity index (χ4n) is 3.43. The highest BCUT2D eigenvalue weighted by Gasteiger charge is 2.42. The lowest BCUT2D eigenvalue weighted by Gasteiger charge is -2.31. The average Bonchev–Trinajstić information content (AvgIpc) is 3.03. The van der Waals surface area contributed by atoms with Crippen molar-refractivity contribution >= 4 is 5.78 Å². The molecule has 1 aromatic carbocycles. The molecule has 1 saturated carbocycles. The Hall–Kier alpha value is -1.35. The number of methoxy groups -OCH3 is 1. The molecule has 116 valence electrons. The topological polar surface area (TPSA) is 29.5 Å². The number of carbonyl (C=O) groups is 1. The van der Waals surface area contributed by atoms with E-state index in [1.807, 2.05) is 18.2 Å². The third-order valence-electron chi connectivity index (χ3n) is 4.87. The van der Waals surface area contributed by atoms with Crippen molar-refractivity contribution in [3.05, 3.63) is 29.8 Å². The number of hydrogen-bond donors (Lipinski definition) is 0. The number of Topliss-reactive ketones (excluding diaryl/α,β-unsaturated/α-hetero) is 1. The number of likely N-dealkylation sites (N-methyl/N-ethyl adjacent to an activating group) is 1. The van der Waals surface area contributed by atoms with Gasteiger partial charge >= 0.3 is 0 Å². The molecular formula is C18H27NO2. The van der Waals surface area contributed by atoms with Crippen LogP contribution in [-0.2, 0) is 10.2 Å². The van der Waals surface area contributed by atoms with Gasteiger partial charge in [0.2, 0.25) is 0 Å². The van der Waals surface area contributed by atoms with Gasteiger partial charge in [-0.1, -0.05) is 38.8 Å². The third kappa shape index (κ3) is 3.29. The van der Waals surface area contributed by atoms with Crippen LogP contribution in [0.4, 0.5) is 0 Å². The number of ketones is 1. The lowest BCUT2D eigenvalue weighted by Crippen LogP contribution is -2.41. The first-order valence-electron chi connectivity index (χ1n) is 8.06. The van der Waals surface area contributed by atoms with Crippen LogP contribution in [0.2, 0.25) is 0 Å². The van der Waals surface area contributed by atoms with Crippen LogP contribution in [-0.4, -0.2) is 37.4 Å². The Morgan fingerprint density at radius 2 is 1.90 bits per heavy atom. The van der Waals surface area contributed by atoms with Crippen LogP contribution in [0.15, 0.2) is 24.3 Å². The second-order valence-electron chi connectivity index (χ2n) is 5.91. The van der Waals surface area contributed by atoms with Crippen molar-refractivity contribution in [2.75, 3.05) is 26.7 Å². The summed E-state index contributed by atoms with van der Waals surface area (Å²) in [6, 6.07) is 8.08. The minimum absolute atomic E-state index is 0.295. The van der Waals surface area contributed by atoms with Crippen molar-refractivity contribution in [2.45, 2.75) is 44.9 Å². The second-order valence-corrected chi connectivity index (χ2v) is 5.91. The normalized spacial score (nSPS) is 17.1. The zero-order valence-electron chi connectivity index (χ0n) is 13.5. The second kappa shape index (κ2) is 7.08. The van der Waals surface area contributed by atoms with E-state index in [2.05, 4.69) is 24.8 Å². The highest BCUT2D eigenvalue weighted by Crippen LogP contribution is 2.43. The SMILES string of the molecule is CCN(CC)CC(=O)C1(c2cccc(OC)c2)CCCC1. The Bertz CT molecular complexity index is 474. The van der Waals surface area contributed by atoms with Gasteiger partial charge in [0.25, 0.3) is 0 Å². The molecule has 1 fully saturated rings. The number of nitrogens with zero attached hydrogens (tertiary/aromatic N) is 1. The van der Waals surface area contributed by atoms with Crippen LogP contribution in [0.5, 0.6) is 5.75 Å². The van der Waals surface area contributed by atoms with Crippen LogP contribution < -0.4 is 4.74 Å². The van der Waals surface area contributed by atoms with Gasteiger partial charge in [-0.3, -0.25) is 9.69 Å². The summed E-state index contributed by atoms with van der Waals surface area (Å²) >= 11 is 0. The van der Waals surface area contributed by atoms with Crippen molar-refractivity contribution < 1.29 is 9.53 Å². The Morgan fingerprint density at radius 1 is 1.24 bits per heavy atom. The lowest BCUT2D eigenvalue weighted by molar-refractivity contribution is -0.125. The number of carbonyl (C=O) groups excluding carboxylic acids is 1. The molecule has 1 aliphatic rings. The smallest absolute Gasteiger partial charge is 0.157 e. The van der Waals surface area contributed by atoms with Crippen LogP contribution >= 0.6 is 0 Å². The van der Waals surface area contributed by atoms with Crippen LogP contribution in [0, 0.1) is 0 Å². The zero-order valence-corrected chi connectivity index (χ0v) is 13.5. The van der Waals surface area contributed by atoms with E-state index in [4.69, 9.17) is 4.74 Å². The first kappa shape index (κ1) is 16.0. The molecule has 0 spiro atoms. The summed E-state index contributed by atoms with van der Waals surface area (Å²) in [5.41, 5.74) is 0.841. The van der Waals surface area contributed by atoms with E-state index in [9.17, 15) is 4.79 Å². The molecule has 0 radical (unpaired) electrons. The van der Waals surface area contributed by atoms with E-state index in [1.165, 1.54) is 0 Å². The standard InChI is InChI=1S/C18H27NO2/c1-4-19(5-2)14-17(20)18(11-6-7-12-18)15-9-8-10-16(13-15)21-3/h8-10,13H,4-7,11-12,14H2,1-3H3. The molecule has 0 N–H and O–H groups in total. The fourth-order valence-corrected chi connectivity index (χ4v) is 3.43. The van der Waals surface area contributed by atoms with Gasteiger partial charge in [-0.05, 0) is 43.6 Å². The summed E-state index contributed by atoms with van der Waals surface area (Å²) in [6.45, 7) is 6.64. The van der Waals surface area contributed by atoms with E-state index in [0.717, 1.165) is 50.1 Å². The molecule has 1 aliphatic carbocycles. The Balaban J connectivity index is 2.29. The first-order chi connectivity index (χ1) is 10.2. The Kier molecular flexibility index (Phi) is 5.40. The monoisotopic (exact) mass is 289 g/mol. The van der Waals surface area contributed by atoms with Crippen LogP contribution in [0.1, 0.15) is 45.1 Å². The van der Waals surface area contributed by atoms with E-state index in [0.29, 0.717) is 12.3 Å². The van der Waals surface area contributed by atoms with Gasteiger partial charge in [0.05, 0.1) is 19.1 Å². The number of ether oxygens (including phenoxy) is 1. The van der Waals surface area contributed by atoms with Crippen molar-refractivity contribution in [2.24, 2.45) is 0 Å². The molecule has 0 bridgehead atoms. The molecular weight excluding hydrogens is 262 g/mol. The van der Waals surface area contributed by atoms with Crippen molar-refractivity contribution in [3.8, 4) is 5.75 Å². The van der Waals surface area contributed by atoms with Gasteiger partial charge in [0.1, 0.15) is 5.75 Å². The van der Waals surface area contributed by atoms with Crippen LogP contribution in [0.3, 0.4) is 0 Å². The maximum atomic E-state index is 13.0. The van der Waals surface area contributed by atoms with Gasteiger partial charge in [0.15, 0.2) is 5.78 Å². The molecule has 0 heterocycles. The maximum Gasteiger partial charge on any atom is 0.157 e. The highest BCUT2D eigenvalue weighted by molar-refractivity contribution is 5.92. The summed E-state index contributed by atoms with van der Waals surface area (Å²) in [4.78, 5) is 15.2. The average molecular weight is 289 g/mol. The highest BCUT2D eigenvalue weighted by atomic mass is 16.5. The zero-order chi connectivity index (χ0) is 15.3. The van der Waals surface area contributed by atoms with Gasteiger partial charge in [-0.15, -0.1) is 0 Å². The van der Waals surface area contributed by atoms with Crippen LogP contribution in [0.25, 0.3) is 0 Å². The Morgan fingerprint density at radius 3 is 2.48 bits per heavy atom. The Labute approximate surface area is 128 Å². The molecule has 21 heavy (non-hydrogen) atoms. The van der Waals surface area contributed by atoms with Gasteiger partial charge < -0.3 is 4.74 Å². The molecule has 1 aromatic rings. The molecule has 0 atom stereocenters. The lowest BCUT2D eigenvalue weighted by atomic mass is 9.75. The van der Waals surface area contributed by atoms with E-state index in [1.54, 1.807) is 7.11 Å². The maximum absolute atomic E-state index is 13.0. The molecule has 0 unspecified atom stereocenters. The molecule has 3 nitrogen and oxygen atoms in total. The minimum atomic E-state index is -0.295. The number of hydrogen-bond acceptors (Lipinski definition) is 3. The van der Waals surface area contributed by atoms with Gasteiger partial charge in [-0.2, -0.15) is 0 Å². The summed E-state index contributed by atoms with van der Waals surface area (Å²) < 4.78 is 5.34.